The maximum Gasteiger partial charge on any atom is 0.419 e. The number of nitrogens with one attached hydrogen (secondary N) is 1. The average Bonchev–Trinajstić information content (AvgIpc) is 3.11. The van der Waals surface area contributed by atoms with Gasteiger partial charge >= 0.3 is 5.76 Å². The molecule has 4 rings (SSSR count). The lowest BCUT2D eigenvalue weighted by atomic mass is 10.3. The molecule has 0 aliphatic carbocycles. The summed E-state index contributed by atoms with van der Waals surface area (Å²) in [7, 11) is 0. The second-order valence-corrected chi connectivity index (χ2v) is 6.88. The molecule has 8 heteroatoms. The van der Waals surface area contributed by atoms with Crippen LogP contribution in [-0.2, 0) is 11.3 Å². The van der Waals surface area contributed by atoms with Crippen LogP contribution in [0.4, 0.5) is 5.13 Å². The molecular formula is C17H12ClN3O3S. The Labute approximate surface area is 150 Å². The van der Waals surface area contributed by atoms with E-state index in [4.69, 9.17) is 16.0 Å². The first-order valence-corrected chi connectivity index (χ1v) is 8.74. The molecule has 0 saturated heterocycles. The van der Waals surface area contributed by atoms with Crippen molar-refractivity contribution in [2.75, 3.05) is 5.32 Å². The second-order valence-electron chi connectivity index (χ2n) is 5.42. The van der Waals surface area contributed by atoms with E-state index in [-0.39, 0.29) is 18.9 Å². The van der Waals surface area contributed by atoms with Gasteiger partial charge in [0.15, 0.2) is 10.7 Å². The third-order valence-corrected chi connectivity index (χ3v) is 4.92. The Morgan fingerprint density at radius 2 is 2.12 bits per heavy atom. The van der Waals surface area contributed by atoms with Crippen molar-refractivity contribution in [2.45, 2.75) is 13.0 Å². The topological polar surface area (TPSA) is 77.1 Å². The van der Waals surface area contributed by atoms with E-state index in [2.05, 4.69) is 10.3 Å². The summed E-state index contributed by atoms with van der Waals surface area (Å²) < 4.78 is 7.58. The lowest BCUT2D eigenvalue weighted by Gasteiger charge is -2.03. The number of aromatic nitrogens is 2. The summed E-state index contributed by atoms with van der Waals surface area (Å²) in [5, 5.41) is 3.80. The quantitative estimate of drug-likeness (QED) is 0.588. The largest absolute Gasteiger partial charge is 0.419 e. The van der Waals surface area contributed by atoms with E-state index in [1.54, 1.807) is 18.2 Å². The molecule has 2 aromatic heterocycles. The number of rotatable bonds is 4. The Morgan fingerprint density at radius 3 is 2.96 bits per heavy atom. The highest BCUT2D eigenvalue weighted by atomic mass is 35.5. The lowest BCUT2D eigenvalue weighted by Crippen LogP contribution is -2.19. The molecule has 0 unspecified atom stereocenters. The summed E-state index contributed by atoms with van der Waals surface area (Å²) in [6.07, 6.45) is 0.132. The number of benzene rings is 2. The summed E-state index contributed by atoms with van der Waals surface area (Å²) in [6.45, 7) is 0.212. The van der Waals surface area contributed by atoms with E-state index >= 15 is 0 Å². The third-order valence-electron chi connectivity index (χ3n) is 3.73. The van der Waals surface area contributed by atoms with Crippen LogP contribution in [0.2, 0.25) is 5.02 Å². The molecule has 0 aliphatic heterocycles. The van der Waals surface area contributed by atoms with Gasteiger partial charge in [-0.25, -0.2) is 9.78 Å². The molecule has 0 bridgehead atoms. The summed E-state index contributed by atoms with van der Waals surface area (Å²) >= 11 is 7.30. The van der Waals surface area contributed by atoms with Gasteiger partial charge in [0, 0.05) is 24.1 Å². The number of carbonyl (C=O) groups excluding carboxylic acids is 1. The number of hydrogen-bond acceptors (Lipinski definition) is 5. The van der Waals surface area contributed by atoms with E-state index in [1.165, 1.54) is 15.9 Å². The summed E-state index contributed by atoms with van der Waals surface area (Å²) in [5.41, 5.74) is 1.86. The average molecular weight is 374 g/mol. The molecule has 2 aromatic carbocycles. The van der Waals surface area contributed by atoms with Gasteiger partial charge in [0.1, 0.15) is 0 Å². The van der Waals surface area contributed by atoms with Gasteiger partial charge in [0.05, 0.1) is 15.7 Å². The van der Waals surface area contributed by atoms with Crippen molar-refractivity contribution in [2.24, 2.45) is 0 Å². The predicted molar refractivity (Wildman–Crippen MR) is 98.4 cm³/mol. The molecule has 4 aromatic rings. The molecule has 0 radical (unpaired) electrons. The fourth-order valence-corrected chi connectivity index (χ4v) is 3.62. The number of hydrogen-bond donors (Lipinski definition) is 1. The zero-order valence-corrected chi connectivity index (χ0v) is 14.4. The van der Waals surface area contributed by atoms with Crippen molar-refractivity contribution in [3.05, 3.63) is 58.0 Å². The van der Waals surface area contributed by atoms with Crippen LogP contribution in [0.15, 0.2) is 51.7 Å². The highest BCUT2D eigenvalue weighted by molar-refractivity contribution is 7.22. The molecule has 0 aliphatic rings. The molecule has 0 atom stereocenters. The normalized spacial score (nSPS) is 11.2. The zero-order chi connectivity index (χ0) is 17.4. The van der Waals surface area contributed by atoms with Gasteiger partial charge in [-0.2, -0.15) is 0 Å². The summed E-state index contributed by atoms with van der Waals surface area (Å²) in [6, 6.07) is 12.6. The SMILES string of the molecule is O=C(CCn1c(=O)oc2cc(Cl)ccc21)Nc1nc2ccccc2s1. The van der Waals surface area contributed by atoms with Gasteiger partial charge in [-0.15, -0.1) is 0 Å². The number of aryl methyl sites for hydroxylation is 1. The monoisotopic (exact) mass is 373 g/mol. The number of fused-ring (bicyclic) bond motifs is 2. The van der Waals surface area contributed by atoms with Gasteiger partial charge in [0.2, 0.25) is 5.91 Å². The number of carbonyl (C=O) groups is 1. The van der Waals surface area contributed by atoms with Crippen molar-refractivity contribution < 1.29 is 9.21 Å². The Hall–Kier alpha value is -2.64. The van der Waals surface area contributed by atoms with E-state index < -0.39 is 5.76 Å². The van der Waals surface area contributed by atoms with Crippen LogP contribution in [0.3, 0.4) is 0 Å². The molecule has 1 N–H and O–H groups in total. The van der Waals surface area contributed by atoms with Crippen LogP contribution in [0, 0.1) is 0 Å². The number of halogens is 1. The van der Waals surface area contributed by atoms with E-state index in [0.29, 0.717) is 21.3 Å². The standard InChI is InChI=1S/C17H12ClN3O3S/c18-10-5-6-12-13(9-10)24-17(23)21(12)8-7-15(22)20-16-19-11-3-1-2-4-14(11)25-16/h1-6,9H,7-8H2,(H,19,20,22). The lowest BCUT2D eigenvalue weighted by molar-refractivity contribution is -0.116. The van der Waals surface area contributed by atoms with Crippen LogP contribution in [0.5, 0.6) is 0 Å². The molecule has 1 amide bonds. The maximum absolute atomic E-state index is 12.2. The Morgan fingerprint density at radius 1 is 1.28 bits per heavy atom. The number of thiazole rings is 1. The number of amides is 1. The van der Waals surface area contributed by atoms with E-state index in [9.17, 15) is 9.59 Å². The van der Waals surface area contributed by atoms with Crippen LogP contribution >= 0.6 is 22.9 Å². The van der Waals surface area contributed by atoms with Crippen molar-refractivity contribution in [1.29, 1.82) is 0 Å². The molecule has 25 heavy (non-hydrogen) atoms. The Bertz CT molecular complexity index is 1110. The predicted octanol–water partition coefficient (Wildman–Crippen LogP) is 3.89. The van der Waals surface area contributed by atoms with Gasteiger partial charge in [-0.05, 0) is 24.3 Å². The number of oxazole rings is 1. The minimum absolute atomic E-state index is 0.132. The Balaban J connectivity index is 1.48. The first-order valence-electron chi connectivity index (χ1n) is 7.54. The molecule has 6 nitrogen and oxygen atoms in total. The fourth-order valence-electron chi connectivity index (χ4n) is 2.57. The fraction of sp³-hybridized carbons (Fsp3) is 0.118. The maximum atomic E-state index is 12.2. The van der Waals surface area contributed by atoms with Crippen LogP contribution in [0.1, 0.15) is 6.42 Å². The Kier molecular flexibility index (Phi) is 4.03. The molecule has 126 valence electrons. The first kappa shape index (κ1) is 15.9. The van der Waals surface area contributed by atoms with Gasteiger partial charge in [0.25, 0.3) is 0 Å². The second kappa shape index (κ2) is 6.34. The van der Waals surface area contributed by atoms with E-state index in [0.717, 1.165) is 10.2 Å². The minimum atomic E-state index is -0.509. The minimum Gasteiger partial charge on any atom is -0.408 e. The number of nitrogens with zero attached hydrogens (tertiary/aromatic N) is 2. The molecule has 0 fully saturated rings. The van der Waals surface area contributed by atoms with Gasteiger partial charge in [-0.1, -0.05) is 35.1 Å². The summed E-state index contributed by atoms with van der Waals surface area (Å²) in [4.78, 5) is 28.5. The third kappa shape index (κ3) is 3.16. The smallest absolute Gasteiger partial charge is 0.408 e. The number of anilines is 1. The zero-order valence-electron chi connectivity index (χ0n) is 12.9. The molecule has 0 saturated carbocycles. The van der Waals surface area contributed by atoms with Crippen LogP contribution < -0.4 is 11.1 Å². The van der Waals surface area contributed by atoms with Gasteiger partial charge in [-0.3, -0.25) is 9.36 Å². The molecular weight excluding hydrogens is 362 g/mol. The van der Waals surface area contributed by atoms with Crippen LogP contribution in [-0.4, -0.2) is 15.5 Å². The highest BCUT2D eigenvalue weighted by Crippen LogP contribution is 2.25. The van der Waals surface area contributed by atoms with Crippen molar-refractivity contribution in [3.8, 4) is 0 Å². The van der Waals surface area contributed by atoms with Gasteiger partial charge < -0.3 is 9.73 Å². The van der Waals surface area contributed by atoms with Crippen molar-refractivity contribution in [1.82, 2.24) is 9.55 Å². The number of para-hydroxylation sites is 1. The highest BCUT2D eigenvalue weighted by Gasteiger charge is 2.12. The van der Waals surface area contributed by atoms with Crippen LogP contribution in [0.25, 0.3) is 21.3 Å². The van der Waals surface area contributed by atoms with Crippen molar-refractivity contribution >= 4 is 55.3 Å². The first-order chi connectivity index (χ1) is 12.1. The molecule has 2 heterocycles. The van der Waals surface area contributed by atoms with Crippen molar-refractivity contribution in [3.63, 3.8) is 0 Å². The van der Waals surface area contributed by atoms with E-state index in [1.807, 2.05) is 24.3 Å². The summed E-state index contributed by atoms with van der Waals surface area (Å²) in [5.74, 6) is -0.723. The molecule has 0 spiro atoms.